The van der Waals surface area contributed by atoms with Gasteiger partial charge in [0.15, 0.2) is 0 Å². The number of hydrogen-bond donors (Lipinski definition) is 1. The molecule has 35 heavy (non-hydrogen) atoms. The molecule has 3 aromatic carbocycles. The third-order valence-corrected chi connectivity index (χ3v) is 8.28. The minimum Gasteiger partial charge on any atom is -0.472 e. The standard InChI is InChI=1S/C27H27ClFNO4S/c1-27(2)26(20-10-8-19(9-11-20)18-6-4-3-5-7-18)35(32,33)30-25(34-27)16-21(14-15-31)23-17-22(28)12-13-24(23)29/h3-13,17,21,26,31H,14-16H2,1-2H3/t21-,26?/m1/s1. The Morgan fingerprint density at radius 3 is 2.34 bits per heavy atom. The van der Waals surface area contributed by atoms with Gasteiger partial charge in [0.1, 0.15) is 16.7 Å². The fraction of sp³-hybridized carbons (Fsp3) is 0.296. The molecule has 1 unspecified atom stereocenters. The number of aliphatic hydroxyl groups excluding tert-OH is 1. The van der Waals surface area contributed by atoms with Crippen molar-refractivity contribution in [2.75, 3.05) is 6.61 Å². The largest absolute Gasteiger partial charge is 0.472 e. The van der Waals surface area contributed by atoms with E-state index in [1.165, 1.54) is 18.2 Å². The maximum Gasteiger partial charge on any atom is 0.267 e. The Kier molecular flexibility index (Phi) is 7.31. The summed E-state index contributed by atoms with van der Waals surface area (Å²) in [4.78, 5) is 0. The summed E-state index contributed by atoms with van der Waals surface area (Å²) in [5.41, 5.74) is 1.74. The van der Waals surface area contributed by atoms with E-state index >= 15 is 0 Å². The van der Waals surface area contributed by atoms with Crippen LogP contribution >= 0.6 is 11.6 Å². The molecule has 0 fully saturated rings. The summed E-state index contributed by atoms with van der Waals surface area (Å²) < 4.78 is 51.3. The second-order valence-corrected chi connectivity index (χ2v) is 11.3. The number of sulfonamides is 1. The zero-order valence-corrected chi connectivity index (χ0v) is 21.1. The van der Waals surface area contributed by atoms with Gasteiger partial charge in [0, 0.05) is 18.1 Å². The molecular formula is C27H27ClFNO4S. The Labute approximate surface area is 210 Å². The topological polar surface area (TPSA) is 76.0 Å². The van der Waals surface area contributed by atoms with Gasteiger partial charge in [-0.15, -0.1) is 4.40 Å². The molecule has 0 spiro atoms. The van der Waals surface area contributed by atoms with Crippen molar-refractivity contribution in [1.29, 1.82) is 0 Å². The van der Waals surface area contributed by atoms with Crippen molar-refractivity contribution < 1.29 is 22.7 Å². The summed E-state index contributed by atoms with van der Waals surface area (Å²) in [5.74, 6) is -1.04. The molecule has 0 bridgehead atoms. The molecule has 2 atom stereocenters. The molecule has 4 rings (SSSR count). The molecule has 3 aromatic rings. The average molecular weight is 516 g/mol. The predicted molar refractivity (Wildman–Crippen MR) is 137 cm³/mol. The lowest BCUT2D eigenvalue weighted by atomic mass is 9.91. The highest BCUT2D eigenvalue weighted by Gasteiger charge is 2.47. The van der Waals surface area contributed by atoms with Crippen LogP contribution in [0.25, 0.3) is 11.1 Å². The highest BCUT2D eigenvalue weighted by Crippen LogP contribution is 2.42. The third kappa shape index (κ3) is 5.58. The molecule has 0 saturated heterocycles. The average Bonchev–Trinajstić information content (AvgIpc) is 2.80. The van der Waals surface area contributed by atoms with Crippen LogP contribution in [-0.2, 0) is 14.8 Å². The lowest BCUT2D eigenvalue weighted by Crippen LogP contribution is -2.43. The second kappa shape index (κ2) is 10.1. The highest BCUT2D eigenvalue weighted by molar-refractivity contribution is 7.90. The first kappa shape index (κ1) is 25.4. The van der Waals surface area contributed by atoms with E-state index in [2.05, 4.69) is 4.40 Å². The van der Waals surface area contributed by atoms with Gasteiger partial charge in [0.25, 0.3) is 10.0 Å². The van der Waals surface area contributed by atoms with Crippen LogP contribution in [0.3, 0.4) is 0 Å². The molecule has 1 aliphatic rings. The minimum absolute atomic E-state index is 0.00928. The zero-order chi connectivity index (χ0) is 25.2. The fourth-order valence-electron chi connectivity index (χ4n) is 4.62. The normalized spacial score (nSPS) is 19.5. The van der Waals surface area contributed by atoms with E-state index in [-0.39, 0.29) is 30.9 Å². The molecule has 1 aliphatic heterocycles. The fourth-order valence-corrected chi connectivity index (χ4v) is 6.57. The van der Waals surface area contributed by atoms with Crippen molar-refractivity contribution in [3.05, 3.63) is 94.8 Å². The number of benzene rings is 3. The number of ether oxygens (including phenoxy) is 1. The first-order valence-electron chi connectivity index (χ1n) is 11.3. The SMILES string of the molecule is CC1(C)OC(C[C@@H](CCO)c2cc(Cl)ccc2F)=NS(=O)(=O)C1c1ccc(-c2ccccc2)cc1. The van der Waals surface area contributed by atoms with Gasteiger partial charge in [0.2, 0.25) is 5.90 Å². The van der Waals surface area contributed by atoms with Crippen molar-refractivity contribution in [3.63, 3.8) is 0 Å². The van der Waals surface area contributed by atoms with Crippen LogP contribution in [0.4, 0.5) is 4.39 Å². The van der Waals surface area contributed by atoms with Gasteiger partial charge in [0.05, 0.1) is 0 Å². The van der Waals surface area contributed by atoms with Crippen molar-refractivity contribution in [2.24, 2.45) is 4.40 Å². The van der Waals surface area contributed by atoms with Crippen molar-refractivity contribution in [3.8, 4) is 11.1 Å². The first-order chi connectivity index (χ1) is 16.6. The Hall–Kier alpha value is -2.74. The summed E-state index contributed by atoms with van der Waals surface area (Å²) in [6.45, 7) is 3.20. The zero-order valence-electron chi connectivity index (χ0n) is 19.5. The van der Waals surface area contributed by atoms with E-state index in [4.69, 9.17) is 16.3 Å². The van der Waals surface area contributed by atoms with E-state index in [0.717, 1.165) is 11.1 Å². The maximum absolute atomic E-state index is 14.5. The molecule has 0 aromatic heterocycles. The van der Waals surface area contributed by atoms with E-state index in [0.29, 0.717) is 10.6 Å². The Morgan fingerprint density at radius 2 is 1.71 bits per heavy atom. The van der Waals surface area contributed by atoms with Crippen LogP contribution in [0.15, 0.2) is 77.2 Å². The van der Waals surface area contributed by atoms with Gasteiger partial charge in [-0.1, -0.05) is 66.2 Å². The summed E-state index contributed by atoms with van der Waals surface area (Å²) >= 11 is 6.05. The second-order valence-electron chi connectivity index (χ2n) is 9.15. The van der Waals surface area contributed by atoms with Crippen molar-refractivity contribution in [1.82, 2.24) is 0 Å². The van der Waals surface area contributed by atoms with Gasteiger partial charge < -0.3 is 9.84 Å². The quantitative estimate of drug-likeness (QED) is 0.401. The smallest absolute Gasteiger partial charge is 0.267 e. The number of nitrogens with zero attached hydrogens (tertiary/aromatic N) is 1. The molecule has 8 heteroatoms. The molecule has 0 radical (unpaired) electrons. The monoisotopic (exact) mass is 515 g/mol. The molecule has 1 N–H and O–H groups in total. The molecule has 5 nitrogen and oxygen atoms in total. The molecular weight excluding hydrogens is 489 g/mol. The summed E-state index contributed by atoms with van der Waals surface area (Å²) in [6, 6.07) is 21.3. The van der Waals surface area contributed by atoms with Gasteiger partial charge >= 0.3 is 0 Å². The number of halogens is 2. The minimum atomic E-state index is -3.99. The molecule has 0 amide bonds. The Morgan fingerprint density at radius 1 is 1.06 bits per heavy atom. The molecule has 184 valence electrons. The van der Waals surface area contributed by atoms with Crippen LogP contribution in [0.5, 0.6) is 0 Å². The van der Waals surface area contributed by atoms with Crippen molar-refractivity contribution in [2.45, 2.75) is 43.5 Å². The Bertz CT molecular complexity index is 1330. The number of rotatable bonds is 7. The first-order valence-corrected chi connectivity index (χ1v) is 13.2. The number of aliphatic hydroxyl groups is 1. The van der Waals surface area contributed by atoms with Crippen molar-refractivity contribution >= 4 is 27.5 Å². The summed E-state index contributed by atoms with van der Waals surface area (Å²) in [5, 5.41) is 8.87. The summed E-state index contributed by atoms with van der Waals surface area (Å²) in [7, 11) is -3.99. The lowest BCUT2D eigenvalue weighted by molar-refractivity contribution is 0.0797. The predicted octanol–water partition coefficient (Wildman–Crippen LogP) is 6.28. The molecule has 0 aliphatic carbocycles. The van der Waals surface area contributed by atoms with Crippen LogP contribution < -0.4 is 0 Å². The molecule has 0 saturated carbocycles. The van der Waals surface area contributed by atoms with Crippen LogP contribution in [0.2, 0.25) is 5.02 Å². The highest BCUT2D eigenvalue weighted by atomic mass is 35.5. The van der Waals surface area contributed by atoms with Gasteiger partial charge in [-0.3, -0.25) is 0 Å². The Balaban J connectivity index is 1.64. The van der Waals surface area contributed by atoms with Crippen LogP contribution in [0.1, 0.15) is 49.0 Å². The van der Waals surface area contributed by atoms with Gasteiger partial charge in [-0.2, -0.15) is 0 Å². The number of hydrogen-bond acceptors (Lipinski definition) is 4. The van der Waals surface area contributed by atoms with Gasteiger partial charge in [-0.05, 0) is 66.6 Å². The maximum atomic E-state index is 14.5. The van der Waals surface area contributed by atoms with Gasteiger partial charge in [-0.25, -0.2) is 12.8 Å². The van der Waals surface area contributed by atoms with E-state index in [9.17, 15) is 17.9 Å². The molecule has 1 heterocycles. The van der Waals surface area contributed by atoms with Crippen LogP contribution in [0, 0.1) is 5.82 Å². The third-order valence-electron chi connectivity index (χ3n) is 6.16. The van der Waals surface area contributed by atoms with E-state index < -0.39 is 32.6 Å². The lowest BCUT2D eigenvalue weighted by Gasteiger charge is -2.38. The summed E-state index contributed by atoms with van der Waals surface area (Å²) in [6.07, 6.45) is 0.213. The van der Waals surface area contributed by atoms with E-state index in [1.54, 1.807) is 26.0 Å². The van der Waals surface area contributed by atoms with Crippen LogP contribution in [-0.4, -0.2) is 31.6 Å². The van der Waals surface area contributed by atoms with E-state index in [1.807, 2.05) is 42.5 Å².